The number of carbonyl (C=O) groups excluding carboxylic acids is 1. The molecule has 2 aromatic rings. The van der Waals surface area contributed by atoms with Crippen LogP contribution in [-0.4, -0.2) is 99.6 Å². The Morgan fingerprint density at radius 2 is 1.88 bits per heavy atom. The van der Waals surface area contributed by atoms with Crippen LogP contribution in [0.25, 0.3) is 0 Å². The zero-order valence-corrected chi connectivity index (χ0v) is 23.4. The van der Waals surface area contributed by atoms with Crippen LogP contribution in [0.2, 0.25) is 0 Å². The summed E-state index contributed by atoms with van der Waals surface area (Å²) >= 11 is 0. The Kier molecular flexibility index (Phi) is 7.27. The number of carbonyl (C=O) groups is 1. The van der Waals surface area contributed by atoms with Crippen molar-refractivity contribution in [1.82, 2.24) is 14.8 Å². The maximum absolute atomic E-state index is 14.3. The third-order valence-corrected chi connectivity index (χ3v) is 9.16. The van der Waals surface area contributed by atoms with Crippen molar-refractivity contribution in [3.05, 3.63) is 41.1 Å². The zero-order valence-electron chi connectivity index (χ0n) is 22.6. The van der Waals surface area contributed by atoms with Crippen LogP contribution in [0.5, 0.6) is 5.75 Å². The summed E-state index contributed by atoms with van der Waals surface area (Å²) in [7, 11) is -3.21. The fraction of sp³-hybridized carbons (Fsp3) is 0.556. The van der Waals surface area contributed by atoms with Gasteiger partial charge in [0.2, 0.25) is 5.91 Å². The van der Waals surface area contributed by atoms with E-state index in [2.05, 4.69) is 20.1 Å². The second-order valence-corrected chi connectivity index (χ2v) is 13.4. The predicted octanol–water partition coefficient (Wildman–Crippen LogP) is 2.62. The smallest absolute Gasteiger partial charge is 0.420 e. The highest BCUT2D eigenvalue weighted by Gasteiger charge is 2.43. The normalized spacial score (nSPS) is 20.2. The first kappa shape index (κ1) is 28.0. The highest BCUT2D eigenvalue weighted by Crippen LogP contribution is 2.47. The van der Waals surface area contributed by atoms with Gasteiger partial charge >= 0.3 is 6.18 Å². The average Bonchev–Trinajstić information content (AvgIpc) is 3.06. The number of morpholine rings is 1. The largest absolute Gasteiger partial charge is 0.486 e. The Labute approximate surface area is 236 Å². The Morgan fingerprint density at radius 1 is 1.15 bits per heavy atom. The molecule has 0 saturated carbocycles. The summed E-state index contributed by atoms with van der Waals surface area (Å²) in [5, 5.41) is 3.14. The fourth-order valence-electron chi connectivity index (χ4n) is 5.79. The molecule has 4 aliphatic heterocycles. The molecule has 14 heteroatoms. The summed E-state index contributed by atoms with van der Waals surface area (Å²) in [5.74, 6) is -0.228. The van der Waals surface area contributed by atoms with E-state index in [1.54, 1.807) is 17.2 Å². The molecule has 222 valence electrons. The van der Waals surface area contributed by atoms with Crippen molar-refractivity contribution in [3.8, 4) is 5.75 Å². The van der Waals surface area contributed by atoms with Gasteiger partial charge in [0.05, 0.1) is 35.8 Å². The van der Waals surface area contributed by atoms with Crippen LogP contribution in [0, 0.1) is 0 Å². The number of nitrogens with zero attached hydrogens (tertiary/aromatic N) is 4. The molecule has 0 radical (unpaired) electrons. The quantitative estimate of drug-likeness (QED) is 0.540. The highest BCUT2D eigenvalue weighted by atomic mass is 32.2. The second-order valence-electron chi connectivity index (χ2n) is 11.1. The number of likely N-dealkylation sites (tertiary alicyclic amines) is 2. The van der Waals surface area contributed by atoms with Gasteiger partial charge in [0.1, 0.15) is 22.3 Å². The summed E-state index contributed by atoms with van der Waals surface area (Å²) in [6.07, 6.45) is -1.90. The Balaban J connectivity index is 1.16. The molecule has 41 heavy (non-hydrogen) atoms. The summed E-state index contributed by atoms with van der Waals surface area (Å²) in [6, 6.07) is 4.89. The van der Waals surface area contributed by atoms with Gasteiger partial charge in [0.25, 0.3) is 0 Å². The number of benzene rings is 1. The number of nitrogens with one attached hydrogen (secondary N) is 1. The van der Waals surface area contributed by atoms with Crippen LogP contribution < -0.4 is 15.0 Å². The van der Waals surface area contributed by atoms with Crippen LogP contribution in [-0.2, 0) is 32.2 Å². The average molecular weight is 596 g/mol. The first-order valence-electron chi connectivity index (χ1n) is 13.6. The fourth-order valence-corrected chi connectivity index (χ4v) is 6.34. The molecule has 1 aromatic carbocycles. The number of sulfone groups is 1. The molecule has 3 saturated heterocycles. The topological polar surface area (TPSA) is 104 Å². The van der Waals surface area contributed by atoms with E-state index in [4.69, 9.17) is 9.47 Å². The van der Waals surface area contributed by atoms with Crippen LogP contribution in [0.4, 0.5) is 30.4 Å². The van der Waals surface area contributed by atoms with Crippen molar-refractivity contribution in [2.75, 3.05) is 74.7 Å². The van der Waals surface area contributed by atoms with Gasteiger partial charge in [-0.2, -0.15) is 13.2 Å². The van der Waals surface area contributed by atoms with Crippen molar-refractivity contribution in [2.24, 2.45) is 0 Å². The van der Waals surface area contributed by atoms with E-state index in [0.717, 1.165) is 11.9 Å². The lowest BCUT2D eigenvalue weighted by Crippen LogP contribution is -2.65. The molecule has 5 heterocycles. The molecule has 0 spiro atoms. The van der Waals surface area contributed by atoms with Crippen molar-refractivity contribution < 1.29 is 35.9 Å². The van der Waals surface area contributed by atoms with Gasteiger partial charge in [0, 0.05) is 75.8 Å². The third kappa shape index (κ3) is 5.82. The second kappa shape index (κ2) is 10.6. The number of pyridine rings is 1. The molecule has 1 amide bonds. The predicted molar refractivity (Wildman–Crippen MR) is 145 cm³/mol. The molecular weight excluding hydrogens is 563 g/mol. The molecule has 0 unspecified atom stereocenters. The minimum Gasteiger partial charge on any atom is -0.486 e. The molecule has 1 aromatic heterocycles. The van der Waals surface area contributed by atoms with Gasteiger partial charge < -0.3 is 24.6 Å². The van der Waals surface area contributed by atoms with Crippen molar-refractivity contribution in [2.45, 2.75) is 31.2 Å². The number of hydrogen-bond donors (Lipinski definition) is 1. The molecule has 1 N–H and O–H groups in total. The molecule has 10 nitrogen and oxygen atoms in total. The monoisotopic (exact) mass is 595 g/mol. The van der Waals surface area contributed by atoms with Crippen molar-refractivity contribution in [1.29, 1.82) is 0 Å². The molecular formula is C27H32F3N5O5S. The molecule has 0 aliphatic carbocycles. The van der Waals surface area contributed by atoms with Crippen molar-refractivity contribution >= 4 is 32.9 Å². The molecule has 3 fully saturated rings. The number of halogens is 3. The van der Waals surface area contributed by atoms with E-state index in [9.17, 15) is 26.4 Å². The maximum Gasteiger partial charge on any atom is 0.420 e. The summed E-state index contributed by atoms with van der Waals surface area (Å²) in [5.41, 5.74) is 1.56. The maximum atomic E-state index is 14.3. The first-order chi connectivity index (χ1) is 19.5. The lowest BCUT2D eigenvalue weighted by molar-refractivity contribution is -0.139. The van der Waals surface area contributed by atoms with Gasteiger partial charge in [0.15, 0.2) is 5.75 Å². The summed E-state index contributed by atoms with van der Waals surface area (Å²) < 4.78 is 76.7. The first-order valence-corrected chi connectivity index (χ1v) is 15.7. The molecule has 6 rings (SSSR count). The van der Waals surface area contributed by atoms with Crippen molar-refractivity contribution in [3.63, 3.8) is 0 Å². The number of alkyl halides is 3. The number of amides is 1. The number of rotatable bonds is 6. The van der Waals surface area contributed by atoms with E-state index >= 15 is 0 Å². The van der Waals surface area contributed by atoms with Crippen LogP contribution in [0.3, 0.4) is 0 Å². The SMILES string of the molecule is CS(=O)(=O)CCC(=O)N1CC(N2CC(c3cc4c(c(C(F)(F)F)c3)OCc3c(N5CCOCC5)ccnc3N4)C2)C1. The standard InChI is InChI=1S/C27H32F3N5O5S/c1-41(37,38)9-3-24(36)35-14-19(15-35)34-12-18(13-34)17-10-21(27(28,29)30)25-22(11-17)32-26-20(16-40-25)23(2-4-31-26)33-5-7-39-8-6-33/h2,4,10-11,18-19H,3,5-9,12-16H2,1H3,(H,31,32). The van der Waals surface area contributed by atoms with E-state index in [1.807, 2.05) is 6.07 Å². The number of hydrogen-bond acceptors (Lipinski definition) is 9. The van der Waals surface area contributed by atoms with Gasteiger partial charge in [-0.05, 0) is 23.8 Å². The highest BCUT2D eigenvalue weighted by molar-refractivity contribution is 7.90. The van der Waals surface area contributed by atoms with Gasteiger partial charge in [-0.15, -0.1) is 0 Å². The molecule has 0 bridgehead atoms. The summed E-state index contributed by atoms with van der Waals surface area (Å²) in [4.78, 5) is 22.6. The van der Waals surface area contributed by atoms with Crippen LogP contribution in [0.15, 0.2) is 24.4 Å². The lowest BCUT2D eigenvalue weighted by Gasteiger charge is -2.52. The number of ether oxygens (including phenoxy) is 2. The lowest BCUT2D eigenvalue weighted by atomic mass is 9.87. The van der Waals surface area contributed by atoms with E-state index in [-0.39, 0.29) is 48.1 Å². The van der Waals surface area contributed by atoms with Crippen LogP contribution in [0.1, 0.15) is 29.0 Å². The minimum atomic E-state index is -4.61. The Bertz CT molecular complexity index is 1440. The third-order valence-electron chi connectivity index (χ3n) is 8.21. The zero-order chi connectivity index (χ0) is 28.9. The van der Waals surface area contributed by atoms with E-state index < -0.39 is 21.6 Å². The van der Waals surface area contributed by atoms with Gasteiger partial charge in [-0.25, -0.2) is 13.4 Å². The van der Waals surface area contributed by atoms with Gasteiger partial charge in [-0.1, -0.05) is 0 Å². The Hall–Kier alpha value is -3.10. The van der Waals surface area contributed by atoms with Crippen LogP contribution >= 0.6 is 0 Å². The minimum absolute atomic E-state index is 0.0372. The Morgan fingerprint density at radius 3 is 2.56 bits per heavy atom. The van der Waals surface area contributed by atoms with E-state index in [0.29, 0.717) is 69.4 Å². The molecule has 0 atom stereocenters. The number of anilines is 3. The number of aromatic nitrogens is 1. The summed E-state index contributed by atoms with van der Waals surface area (Å²) in [6.45, 7) is 4.59. The number of fused-ring (bicyclic) bond motifs is 2. The van der Waals surface area contributed by atoms with E-state index in [1.165, 1.54) is 6.07 Å². The molecule has 4 aliphatic rings. The van der Waals surface area contributed by atoms with Gasteiger partial charge in [-0.3, -0.25) is 9.69 Å².